The Morgan fingerprint density at radius 2 is 1.00 bits per heavy atom. The molecule has 0 saturated carbocycles. The van der Waals surface area contributed by atoms with E-state index in [2.05, 4.69) is 0 Å². The van der Waals surface area contributed by atoms with E-state index in [-0.39, 0.29) is 11.8 Å². The third kappa shape index (κ3) is 8.33. The maximum Gasteiger partial charge on any atom is 0.271 e. The van der Waals surface area contributed by atoms with Crippen LogP contribution in [0.2, 0.25) is 0 Å². The van der Waals surface area contributed by atoms with E-state index in [1.807, 2.05) is 0 Å². The average molecular weight is 577 g/mol. The molecule has 212 valence electrons. The highest BCUT2D eigenvalue weighted by atomic mass is 32.1. The van der Waals surface area contributed by atoms with Crippen molar-refractivity contribution in [2.45, 2.75) is 6.42 Å². The summed E-state index contributed by atoms with van der Waals surface area (Å²) in [5.41, 5.74) is 0.740. The first-order valence-electron chi connectivity index (χ1n) is 11.9. The van der Waals surface area contributed by atoms with Crippen LogP contribution in [-0.2, 0) is 0 Å². The number of hydrogen-bond donors (Lipinski definition) is 0. The molecule has 10 nitrogen and oxygen atoms in total. The van der Waals surface area contributed by atoms with Gasteiger partial charge in [0.1, 0.15) is 23.0 Å². The smallest absolute Gasteiger partial charge is 0.271 e. The molecule has 0 aromatic heterocycles. The molecule has 2 rings (SSSR count). The van der Waals surface area contributed by atoms with Gasteiger partial charge in [-0.25, -0.2) is 10.0 Å². The van der Waals surface area contributed by atoms with Crippen LogP contribution < -0.4 is 18.9 Å². The lowest BCUT2D eigenvalue weighted by Crippen LogP contribution is -2.45. The molecule has 0 atom stereocenters. The van der Waals surface area contributed by atoms with Gasteiger partial charge in [0.15, 0.2) is 0 Å². The second-order valence-corrected chi connectivity index (χ2v) is 9.83. The van der Waals surface area contributed by atoms with Crippen LogP contribution in [0.3, 0.4) is 0 Å². The minimum Gasteiger partial charge on any atom is -0.497 e. The SMILES string of the molecule is COc1ccc(OC)c(C(=O)N(C)N(C)CC(=S)CC(=S)CN(C)N(C)C(=O)c2cc(OC)ccc2OC)c1. The van der Waals surface area contributed by atoms with Crippen molar-refractivity contribution in [2.75, 3.05) is 69.7 Å². The van der Waals surface area contributed by atoms with Gasteiger partial charge in [-0.1, -0.05) is 24.4 Å². The zero-order valence-corrected chi connectivity index (χ0v) is 25.3. The second-order valence-electron chi connectivity index (χ2n) is 8.68. The monoisotopic (exact) mass is 576 g/mol. The maximum absolute atomic E-state index is 13.1. The first-order chi connectivity index (χ1) is 18.5. The molecule has 0 aliphatic rings. The Hall–Kier alpha value is -3.32. The van der Waals surface area contributed by atoms with Crippen LogP contribution in [0.1, 0.15) is 27.1 Å². The third-order valence-corrected chi connectivity index (χ3v) is 6.64. The normalized spacial score (nSPS) is 10.7. The second kappa shape index (κ2) is 14.7. The molecule has 0 saturated heterocycles. The predicted octanol–water partition coefficient (Wildman–Crippen LogP) is 3.39. The Balaban J connectivity index is 1.98. The molecular formula is C27H36N4O6S2. The van der Waals surface area contributed by atoms with Crippen LogP contribution in [0.4, 0.5) is 0 Å². The number of carbonyl (C=O) groups excluding carboxylic acids is 2. The number of rotatable bonds is 14. The molecule has 0 bridgehead atoms. The van der Waals surface area contributed by atoms with Gasteiger partial charge >= 0.3 is 0 Å². The summed E-state index contributed by atoms with van der Waals surface area (Å²) in [5.74, 6) is 1.44. The van der Waals surface area contributed by atoms with Gasteiger partial charge in [-0.2, -0.15) is 0 Å². The Labute approximate surface area is 240 Å². The lowest BCUT2D eigenvalue weighted by atomic mass is 10.1. The Morgan fingerprint density at radius 1 is 0.641 bits per heavy atom. The molecule has 0 N–H and O–H groups in total. The van der Waals surface area contributed by atoms with E-state index in [0.717, 1.165) is 0 Å². The largest absolute Gasteiger partial charge is 0.497 e. The minimum absolute atomic E-state index is 0.272. The number of nitrogens with zero attached hydrogens (tertiary/aromatic N) is 4. The average Bonchev–Trinajstić information content (AvgIpc) is 2.94. The first kappa shape index (κ1) is 31.9. The van der Waals surface area contributed by atoms with Gasteiger partial charge in [-0.05, 0) is 36.4 Å². The molecule has 2 aromatic rings. The van der Waals surface area contributed by atoms with Crippen molar-refractivity contribution in [3.8, 4) is 23.0 Å². The summed E-state index contributed by atoms with van der Waals surface area (Å²) in [7, 11) is 12.9. The molecule has 0 spiro atoms. The summed E-state index contributed by atoms with van der Waals surface area (Å²) < 4.78 is 21.2. The lowest BCUT2D eigenvalue weighted by molar-refractivity contribution is 0.0288. The maximum atomic E-state index is 13.1. The minimum atomic E-state index is -0.272. The third-order valence-electron chi connectivity index (χ3n) is 6.09. The summed E-state index contributed by atoms with van der Waals surface area (Å²) in [5, 5.41) is 6.35. The number of ether oxygens (including phenoxy) is 4. The molecule has 0 heterocycles. The molecule has 39 heavy (non-hydrogen) atoms. The molecule has 2 amide bonds. The van der Waals surface area contributed by atoms with Crippen LogP contribution in [0.5, 0.6) is 23.0 Å². The van der Waals surface area contributed by atoms with Crippen molar-refractivity contribution < 1.29 is 28.5 Å². The lowest BCUT2D eigenvalue weighted by Gasteiger charge is -2.30. The van der Waals surface area contributed by atoms with Crippen molar-refractivity contribution in [1.82, 2.24) is 20.0 Å². The zero-order valence-electron chi connectivity index (χ0n) is 23.6. The molecule has 0 unspecified atom stereocenters. The Bertz CT molecular complexity index is 1120. The van der Waals surface area contributed by atoms with Gasteiger partial charge in [0.25, 0.3) is 11.8 Å². The molecule has 0 radical (unpaired) electrons. The number of hydrazine groups is 2. The summed E-state index contributed by atoms with van der Waals surface area (Å²) in [4.78, 5) is 27.6. The fraction of sp³-hybridized carbons (Fsp3) is 0.407. The van der Waals surface area contributed by atoms with E-state index >= 15 is 0 Å². The molecule has 0 fully saturated rings. The number of methoxy groups -OCH3 is 4. The van der Waals surface area contributed by atoms with Gasteiger partial charge in [0.05, 0.1) is 39.6 Å². The molecule has 0 aliphatic heterocycles. The Kier molecular flexibility index (Phi) is 12.0. The fourth-order valence-electron chi connectivity index (χ4n) is 3.68. The van der Waals surface area contributed by atoms with E-state index in [9.17, 15) is 9.59 Å². The van der Waals surface area contributed by atoms with Gasteiger partial charge in [-0.15, -0.1) is 0 Å². The van der Waals surface area contributed by atoms with Gasteiger partial charge in [0, 0.05) is 57.4 Å². The topological polar surface area (TPSA) is 84.0 Å². The first-order valence-corrected chi connectivity index (χ1v) is 12.7. The van der Waals surface area contributed by atoms with Crippen LogP contribution in [0.25, 0.3) is 0 Å². The predicted molar refractivity (Wildman–Crippen MR) is 158 cm³/mol. The van der Waals surface area contributed by atoms with Crippen LogP contribution >= 0.6 is 24.4 Å². The number of carbonyl (C=O) groups is 2. The summed E-state index contributed by atoms with van der Waals surface area (Å²) in [6.45, 7) is 0.646. The highest BCUT2D eigenvalue weighted by Gasteiger charge is 2.23. The van der Waals surface area contributed by atoms with Gasteiger partial charge in [0.2, 0.25) is 0 Å². The van der Waals surface area contributed by atoms with Crippen molar-refractivity contribution in [2.24, 2.45) is 0 Å². The number of amides is 2. The zero-order chi connectivity index (χ0) is 29.3. The van der Waals surface area contributed by atoms with E-state index in [4.69, 9.17) is 43.4 Å². The molecule has 12 heteroatoms. The highest BCUT2D eigenvalue weighted by molar-refractivity contribution is 7.82. The fourth-order valence-corrected chi connectivity index (χ4v) is 4.49. The van der Waals surface area contributed by atoms with Crippen molar-refractivity contribution >= 4 is 46.0 Å². The molecule has 0 aliphatic carbocycles. The van der Waals surface area contributed by atoms with Gasteiger partial charge in [-0.3, -0.25) is 19.6 Å². The molecular weight excluding hydrogens is 540 g/mol. The van der Waals surface area contributed by atoms with Crippen molar-refractivity contribution in [1.29, 1.82) is 0 Å². The van der Waals surface area contributed by atoms with Crippen LogP contribution in [0.15, 0.2) is 36.4 Å². The Morgan fingerprint density at radius 3 is 1.31 bits per heavy atom. The number of hydrogen-bond acceptors (Lipinski definition) is 10. The van der Waals surface area contributed by atoms with Crippen LogP contribution in [0, 0.1) is 0 Å². The van der Waals surface area contributed by atoms with Gasteiger partial charge < -0.3 is 18.9 Å². The molecule has 2 aromatic carbocycles. The van der Waals surface area contributed by atoms with Crippen LogP contribution in [-0.4, -0.2) is 111 Å². The van der Waals surface area contributed by atoms with E-state index in [0.29, 0.717) is 63.4 Å². The summed E-state index contributed by atoms with van der Waals surface area (Å²) in [6, 6.07) is 10.1. The quantitative estimate of drug-likeness (QED) is 0.247. The van der Waals surface area contributed by atoms with E-state index < -0.39 is 0 Å². The number of benzene rings is 2. The van der Waals surface area contributed by atoms with E-state index in [1.165, 1.54) is 38.5 Å². The summed E-state index contributed by atoms with van der Waals surface area (Å²) in [6.07, 6.45) is 0.369. The summed E-state index contributed by atoms with van der Waals surface area (Å²) >= 11 is 11.2. The number of thiocarbonyl (C=S) groups is 2. The highest BCUT2D eigenvalue weighted by Crippen LogP contribution is 2.26. The standard InChI is InChI=1S/C27H36N4O6S2/c1-28(30(3)26(32)22-13-18(34-5)9-11-24(22)36-7)16-20(38)15-21(39)17-29(2)31(4)27(33)23-14-19(35-6)10-12-25(23)37-8/h9-14H,15-17H2,1-8H3. The van der Waals surface area contributed by atoms with Crippen molar-refractivity contribution in [3.63, 3.8) is 0 Å². The van der Waals surface area contributed by atoms with E-state index in [1.54, 1.807) is 74.6 Å². The van der Waals surface area contributed by atoms with Crippen molar-refractivity contribution in [3.05, 3.63) is 47.5 Å².